The third-order valence-electron chi connectivity index (χ3n) is 5.78. The van der Waals surface area contributed by atoms with Crippen LogP contribution in [-0.2, 0) is 19.1 Å². The van der Waals surface area contributed by atoms with Gasteiger partial charge in [0.25, 0.3) is 0 Å². The van der Waals surface area contributed by atoms with E-state index in [-0.39, 0.29) is 31.4 Å². The molecule has 2 amide bonds. The van der Waals surface area contributed by atoms with E-state index in [0.29, 0.717) is 6.42 Å². The van der Waals surface area contributed by atoms with Gasteiger partial charge in [0.2, 0.25) is 5.91 Å². The minimum absolute atomic E-state index is 0.0219. The van der Waals surface area contributed by atoms with Crippen molar-refractivity contribution in [3.63, 3.8) is 0 Å². The highest BCUT2D eigenvalue weighted by atomic mass is 16.5. The molecule has 0 saturated heterocycles. The number of hydrogen-bond donors (Lipinski definition) is 3. The molecule has 3 rings (SSSR count). The van der Waals surface area contributed by atoms with Crippen molar-refractivity contribution >= 4 is 18.0 Å². The number of ether oxygens (including phenoxy) is 2. The predicted octanol–water partition coefficient (Wildman–Crippen LogP) is 3.30. The van der Waals surface area contributed by atoms with E-state index in [2.05, 4.69) is 34.9 Å². The molecule has 1 unspecified atom stereocenters. The van der Waals surface area contributed by atoms with E-state index >= 15 is 0 Å². The van der Waals surface area contributed by atoms with E-state index in [1.165, 1.54) is 7.11 Å². The van der Waals surface area contributed by atoms with Gasteiger partial charge in [0.15, 0.2) is 6.10 Å². The van der Waals surface area contributed by atoms with Crippen LogP contribution in [0, 0.1) is 0 Å². The van der Waals surface area contributed by atoms with Gasteiger partial charge in [-0.15, -0.1) is 0 Å². The Morgan fingerprint density at radius 2 is 1.64 bits per heavy atom. The SMILES string of the molecule is CCC[C@@H](CC(=O)NCC(OC)C(=O)O)NC(=O)OCC1c2ccccc2-c2ccccc21. The summed E-state index contributed by atoms with van der Waals surface area (Å²) in [6.45, 7) is 2.00. The van der Waals surface area contributed by atoms with Gasteiger partial charge in [0.1, 0.15) is 6.61 Å². The first kappa shape index (κ1) is 24.3. The largest absolute Gasteiger partial charge is 0.479 e. The predicted molar refractivity (Wildman–Crippen MR) is 123 cm³/mol. The summed E-state index contributed by atoms with van der Waals surface area (Å²) in [6.07, 6.45) is -0.326. The van der Waals surface area contributed by atoms with Gasteiger partial charge < -0.3 is 25.2 Å². The van der Waals surface area contributed by atoms with Gasteiger partial charge in [0, 0.05) is 25.5 Å². The molecule has 2 atom stereocenters. The molecule has 1 aliphatic carbocycles. The molecule has 0 bridgehead atoms. The van der Waals surface area contributed by atoms with E-state index < -0.39 is 24.2 Å². The molecule has 0 aliphatic heterocycles. The van der Waals surface area contributed by atoms with Crippen LogP contribution in [0.5, 0.6) is 0 Å². The quantitative estimate of drug-likeness (QED) is 0.480. The molecule has 0 fully saturated rings. The lowest BCUT2D eigenvalue weighted by molar-refractivity contribution is -0.148. The summed E-state index contributed by atoms with van der Waals surface area (Å²) in [7, 11) is 1.27. The number of carboxylic acid groups (broad SMARTS) is 1. The van der Waals surface area contributed by atoms with Crippen molar-refractivity contribution < 1.29 is 29.0 Å². The second-order valence-electron chi connectivity index (χ2n) is 8.03. The molecule has 2 aromatic rings. The maximum atomic E-state index is 12.5. The molecule has 33 heavy (non-hydrogen) atoms. The van der Waals surface area contributed by atoms with E-state index in [1.807, 2.05) is 31.2 Å². The van der Waals surface area contributed by atoms with Gasteiger partial charge in [-0.05, 0) is 28.7 Å². The Labute approximate surface area is 193 Å². The van der Waals surface area contributed by atoms with Crippen LogP contribution in [0.25, 0.3) is 11.1 Å². The van der Waals surface area contributed by atoms with Crippen LogP contribution in [0.3, 0.4) is 0 Å². The van der Waals surface area contributed by atoms with Crippen molar-refractivity contribution in [2.24, 2.45) is 0 Å². The lowest BCUT2D eigenvalue weighted by Gasteiger charge is -2.20. The number of alkyl carbamates (subject to hydrolysis) is 1. The monoisotopic (exact) mass is 454 g/mol. The molecule has 176 valence electrons. The number of carbonyl (C=O) groups excluding carboxylic acids is 2. The zero-order chi connectivity index (χ0) is 23.8. The number of nitrogens with one attached hydrogen (secondary N) is 2. The highest BCUT2D eigenvalue weighted by molar-refractivity contribution is 5.80. The minimum atomic E-state index is -1.15. The molecule has 1 aliphatic rings. The molecular weight excluding hydrogens is 424 g/mol. The Balaban J connectivity index is 1.55. The number of carbonyl (C=O) groups is 3. The van der Waals surface area contributed by atoms with Gasteiger partial charge >= 0.3 is 12.1 Å². The van der Waals surface area contributed by atoms with E-state index in [4.69, 9.17) is 14.6 Å². The molecule has 0 radical (unpaired) electrons. The van der Waals surface area contributed by atoms with Gasteiger partial charge in [-0.2, -0.15) is 0 Å². The fourth-order valence-corrected chi connectivity index (χ4v) is 4.15. The number of amides is 2. The van der Waals surface area contributed by atoms with E-state index in [1.54, 1.807) is 0 Å². The Hall–Kier alpha value is -3.39. The van der Waals surface area contributed by atoms with E-state index in [0.717, 1.165) is 28.7 Å². The zero-order valence-corrected chi connectivity index (χ0v) is 18.9. The zero-order valence-electron chi connectivity index (χ0n) is 18.9. The van der Waals surface area contributed by atoms with Gasteiger partial charge in [-0.25, -0.2) is 9.59 Å². The maximum absolute atomic E-state index is 12.5. The average molecular weight is 455 g/mol. The molecule has 8 heteroatoms. The second-order valence-corrected chi connectivity index (χ2v) is 8.03. The molecular formula is C25H30N2O6. The van der Waals surface area contributed by atoms with Crippen molar-refractivity contribution in [2.75, 3.05) is 20.3 Å². The summed E-state index contributed by atoms with van der Waals surface area (Å²) in [6, 6.07) is 15.8. The van der Waals surface area contributed by atoms with Crippen molar-refractivity contribution in [3.05, 3.63) is 59.7 Å². The number of hydrogen-bond acceptors (Lipinski definition) is 5. The first-order chi connectivity index (χ1) is 15.9. The Morgan fingerprint density at radius 3 is 2.18 bits per heavy atom. The van der Waals surface area contributed by atoms with Crippen LogP contribution in [0.15, 0.2) is 48.5 Å². The molecule has 0 saturated carbocycles. The lowest BCUT2D eigenvalue weighted by atomic mass is 9.98. The van der Waals surface area contributed by atoms with Crippen molar-refractivity contribution in [1.82, 2.24) is 10.6 Å². The number of aliphatic carboxylic acids is 1. The number of methoxy groups -OCH3 is 1. The average Bonchev–Trinajstić information content (AvgIpc) is 3.12. The molecule has 0 aromatic heterocycles. The van der Waals surface area contributed by atoms with Gasteiger partial charge in [-0.1, -0.05) is 61.9 Å². The first-order valence-electron chi connectivity index (χ1n) is 11.1. The first-order valence-corrected chi connectivity index (χ1v) is 11.1. The smallest absolute Gasteiger partial charge is 0.407 e. The van der Waals surface area contributed by atoms with Crippen LogP contribution in [-0.4, -0.2) is 55.5 Å². The fraction of sp³-hybridized carbons (Fsp3) is 0.400. The van der Waals surface area contributed by atoms with E-state index in [9.17, 15) is 14.4 Å². The third-order valence-corrected chi connectivity index (χ3v) is 5.78. The van der Waals surface area contributed by atoms with Crippen molar-refractivity contribution in [1.29, 1.82) is 0 Å². The number of benzene rings is 2. The topological polar surface area (TPSA) is 114 Å². The molecule has 0 heterocycles. The Bertz CT molecular complexity index is 947. The van der Waals surface area contributed by atoms with Crippen molar-refractivity contribution in [2.45, 2.75) is 44.2 Å². The normalized spacial score (nSPS) is 14.0. The van der Waals surface area contributed by atoms with Crippen LogP contribution in [0.4, 0.5) is 4.79 Å². The Morgan fingerprint density at radius 1 is 1.03 bits per heavy atom. The molecule has 0 spiro atoms. The summed E-state index contributed by atoms with van der Waals surface area (Å²) in [5, 5.41) is 14.3. The number of rotatable bonds is 11. The molecule has 8 nitrogen and oxygen atoms in total. The maximum Gasteiger partial charge on any atom is 0.407 e. The van der Waals surface area contributed by atoms with Gasteiger partial charge in [0.05, 0.1) is 6.54 Å². The molecule has 2 aromatic carbocycles. The minimum Gasteiger partial charge on any atom is -0.479 e. The third kappa shape index (κ3) is 6.10. The summed E-state index contributed by atoms with van der Waals surface area (Å²) in [5.41, 5.74) is 4.56. The van der Waals surface area contributed by atoms with Gasteiger partial charge in [-0.3, -0.25) is 4.79 Å². The highest BCUT2D eigenvalue weighted by Gasteiger charge is 2.29. The summed E-state index contributed by atoms with van der Waals surface area (Å²) in [5.74, 6) is -1.56. The number of carboxylic acids is 1. The second kappa shape index (κ2) is 11.5. The van der Waals surface area contributed by atoms with Crippen LogP contribution in [0.1, 0.15) is 43.2 Å². The van der Waals surface area contributed by atoms with Crippen LogP contribution >= 0.6 is 0 Å². The standard InChI is InChI=1S/C25H30N2O6/c1-3-8-16(13-23(28)26-14-22(32-2)24(29)30)27-25(31)33-15-21-19-11-6-4-9-17(19)18-10-5-7-12-20(18)21/h4-7,9-12,16,21-22H,3,8,13-15H2,1-2H3,(H,26,28)(H,27,31)(H,29,30)/t16-,22?/m0/s1. The van der Waals surface area contributed by atoms with Crippen LogP contribution < -0.4 is 10.6 Å². The molecule has 3 N–H and O–H groups in total. The number of fused-ring (bicyclic) bond motifs is 3. The van der Waals surface area contributed by atoms with Crippen LogP contribution in [0.2, 0.25) is 0 Å². The van der Waals surface area contributed by atoms with Crippen molar-refractivity contribution in [3.8, 4) is 11.1 Å². The Kier molecular flexibility index (Phi) is 8.43. The fourth-order valence-electron chi connectivity index (χ4n) is 4.15. The summed E-state index contributed by atoms with van der Waals surface area (Å²) >= 11 is 0. The lowest BCUT2D eigenvalue weighted by Crippen LogP contribution is -2.42. The summed E-state index contributed by atoms with van der Waals surface area (Å²) < 4.78 is 10.4. The highest BCUT2D eigenvalue weighted by Crippen LogP contribution is 2.44. The summed E-state index contributed by atoms with van der Waals surface area (Å²) in [4.78, 5) is 35.8.